The lowest BCUT2D eigenvalue weighted by Gasteiger charge is -2.22. The molecule has 1 aromatic carbocycles. The van der Waals surface area contributed by atoms with Crippen LogP contribution in [0, 0.1) is 22.7 Å². The number of halogens is 1. The van der Waals surface area contributed by atoms with E-state index in [1.807, 2.05) is 11.9 Å². The highest BCUT2D eigenvalue weighted by Crippen LogP contribution is 2.28. The molecule has 1 aromatic rings. The molecule has 1 unspecified atom stereocenters. The van der Waals surface area contributed by atoms with Crippen LogP contribution < -0.4 is 0 Å². The van der Waals surface area contributed by atoms with Gasteiger partial charge in [0.05, 0.1) is 4.90 Å². The molecule has 0 amide bonds. The van der Waals surface area contributed by atoms with E-state index in [-0.39, 0.29) is 10.6 Å². The van der Waals surface area contributed by atoms with Gasteiger partial charge >= 0.3 is 0 Å². The van der Waals surface area contributed by atoms with Gasteiger partial charge in [-0.1, -0.05) is 30.4 Å². The molecule has 7 heteroatoms. The standard InChI is InChI=1S/C15H12ClN3O2S/c16-15(22(20,21)14-4-2-1-3-5-14)12-6-8-19(9-7-12)13(10-17)11-18/h1-9,12,15,17H. The molecule has 1 atom stereocenters. The quantitative estimate of drug-likeness (QED) is 0.521. The molecule has 1 N–H and O–H groups in total. The van der Waals surface area contributed by atoms with Crippen LogP contribution >= 0.6 is 11.6 Å². The SMILES string of the molecule is N#CC(=C=N)N1C=CC(C(Cl)S(=O)(=O)c2ccccc2)C=C1. The Morgan fingerprint density at radius 1 is 1.27 bits per heavy atom. The number of benzene rings is 1. The molecule has 112 valence electrons. The summed E-state index contributed by atoms with van der Waals surface area (Å²) >= 11 is 6.15. The van der Waals surface area contributed by atoms with Gasteiger partial charge in [0.2, 0.25) is 0 Å². The fourth-order valence-electron chi connectivity index (χ4n) is 1.92. The summed E-state index contributed by atoms with van der Waals surface area (Å²) < 4.78 is 23.7. The van der Waals surface area contributed by atoms with Crippen LogP contribution in [0.25, 0.3) is 0 Å². The van der Waals surface area contributed by atoms with Gasteiger partial charge < -0.3 is 4.90 Å². The molecule has 0 fully saturated rings. The summed E-state index contributed by atoms with van der Waals surface area (Å²) in [6.07, 6.45) is 6.15. The van der Waals surface area contributed by atoms with Crippen LogP contribution in [0.4, 0.5) is 0 Å². The number of nitriles is 1. The average Bonchev–Trinajstić information content (AvgIpc) is 2.57. The third kappa shape index (κ3) is 3.12. The van der Waals surface area contributed by atoms with Crippen molar-refractivity contribution in [2.24, 2.45) is 5.92 Å². The van der Waals surface area contributed by atoms with Crippen molar-refractivity contribution in [3.8, 4) is 6.07 Å². The number of allylic oxidation sites excluding steroid dienone is 3. The summed E-state index contributed by atoms with van der Waals surface area (Å²) in [5, 5.41) is 15.8. The van der Waals surface area contributed by atoms with Gasteiger partial charge in [-0.05, 0) is 12.1 Å². The molecule has 1 aliphatic heterocycles. The molecular weight excluding hydrogens is 322 g/mol. The Morgan fingerprint density at radius 3 is 2.36 bits per heavy atom. The Bertz CT molecular complexity index is 789. The van der Waals surface area contributed by atoms with E-state index in [1.165, 1.54) is 29.4 Å². The first-order chi connectivity index (χ1) is 10.5. The van der Waals surface area contributed by atoms with E-state index in [0.29, 0.717) is 0 Å². The first kappa shape index (κ1) is 16.1. The highest BCUT2D eigenvalue weighted by molar-refractivity contribution is 7.93. The molecule has 5 nitrogen and oxygen atoms in total. The molecule has 2 rings (SSSR count). The number of nitrogens with zero attached hydrogens (tertiary/aromatic N) is 2. The van der Waals surface area contributed by atoms with Crippen LogP contribution in [0.1, 0.15) is 0 Å². The van der Waals surface area contributed by atoms with Crippen LogP contribution in [-0.4, -0.2) is 23.9 Å². The highest BCUT2D eigenvalue weighted by Gasteiger charge is 2.31. The van der Waals surface area contributed by atoms with Gasteiger partial charge in [-0.25, -0.2) is 8.42 Å². The number of hydrogen-bond donors (Lipinski definition) is 1. The van der Waals surface area contributed by atoms with Crippen molar-refractivity contribution in [3.63, 3.8) is 0 Å². The van der Waals surface area contributed by atoms with E-state index in [9.17, 15) is 8.42 Å². The molecule has 0 saturated heterocycles. The zero-order chi connectivity index (χ0) is 16.2. The largest absolute Gasteiger partial charge is 0.308 e. The third-order valence-electron chi connectivity index (χ3n) is 3.09. The van der Waals surface area contributed by atoms with Gasteiger partial charge in [-0.3, -0.25) is 5.41 Å². The third-order valence-corrected chi connectivity index (χ3v) is 5.92. The Hall–Kier alpha value is -2.32. The minimum Gasteiger partial charge on any atom is -0.308 e. The van der Waals surface area contributed by atoms with Crippen molar-refractivity contribution in [2.45, 2.75) is 9.60 Å². The van der Waals surface area contributed by atoms with Crippen molar-refractivity contribution in [2.75, 3.05) is 0 Å². The van der Waals surface area contributed by atoms with Gasteiger partial charge in [0.25, 0.3) is 0 Å². The van der Waals surface area contributed by atoms with E-state index in [1.54, 1.807) is 30.4 Å². The lowest BCUT2D eigenvalue weighted by atomic mass is 10.1. The molecule has 0 spiro atoms. The molecular formula is C15H12ClN3O2S. The van der Waals surface area contributed by atoms with Crippen molar-refractivity contribution >= 4 is 27.3 Å². The smallest absolute Gasteiger partial charge is 0.196 e. The molecule has 0 aliphatic carbocycles. The maximum Gasteiger partial charge on any atom is 0.196 e. The van der Waals surface area contributed by atoms with Gasteiger partial charge in [0.15, 0.2) is 15.5 Å². The Labute approximate surface area is 133 Å². The second-order valence-corrected chi connectivity index (χ2v) is 7.26. The number of sulfone groups is 1. The zero-order valence-corrected chi connectivity index (χ0v) is 12.9. The summed E-state index contributed by atoms with van der Waals surface area (Å²) in [6, 6.07) is 9.81. The minimum absolute atomic E-state index is 0.00277. The van der Waals surface area contributed by atoms with Crippen LogP contribution in [0.15, 0.2) is 65.5 Å². The monoisotopic (exact) mass is 333 g/mol. The molecule has 1 heterocycles. The average molecular weight is 334 g/mol. The maximum absolute atomic E-state index is 12.4. The summed E-state index contributed by atoms with van der Waals surface area (Å²) in [5.74, 6) is 1.47. The van der Waals surface area contributed by atoms with E-state index in [4.69, 9.17) is 22.3 Å². The Kier molecular flexibility index (Phi) is 4.84. The predicted octanol–water partition coefficient (Wildman–Crippen LogP) is 2.64. The van der Waals surface area contributed by atoms with Gasteiger partial charge in [-0.2, -0.15) is 5.26 Å². The normalized spacial score (nSPS) is 15.9. The van der Waals surface area contributed by atoms with Gasteiger partial charge in [0.1, 0.15) is 10.8 Å². The lowest BCUT2D eigenvalue weighted by Crippen LogP contribution is -2.25. The second kappa shape index (κ2) is 6.63. The van der Waals surface area contributed by atoms with Crippen LogP contribution in [-0.2, 0) is 9.84 Å². The Balaban J connectivity index is 2.22. The summed E-state index contributed by atoms with van der Waals surface area (Å²) in [7, 11) is -3.67. The number of alkyl halides is 1. The van der Waals surface area contributed by atoms with Crippen molar-refractivity contribution < 1.29 is 8.42 Å². The first-order valence-electron chi connectivity index (χ1n) is 6.28. The van der Waals surface area contributed by atoms with Crippen LogP contribution in [0.5, 0.6) is 0 Å². The van der Waals surface area contributed by atoms with Crippen molar-refractivity contribution in [1.82, 2.24) is 4.90 Å². The highest BCUT2D eigenvalue weighted by atomic mass is 35.5. The molecule has 0 aromatic heterocycles. The minimum atomic E-state index is -3.67. The topological polar surface area (TPSA) is 85.0 Å². The van der Waals surface area contributed by atoms with Crippen LogP contribution in [0.3, 0.4) is 0 Å². The molecule has 0 bridgehead atoms. The van der Waals surface area contributed by atoms with E-state index in [2.05, 4.69) is 0 Å². The predicted molar refractivity (Wildman–Crippen MR) is 83.7 cm³/mol. The molecule has 0 radical (unpaired) electrons. The lowest BCUT2D eigenvalue weighted by molar-refractivity contribution is 0.578. The van der Waals surface area contributed by atoms with E-state index < -0.39 is 20.5 Å². The second-order valence-electron chi connectivity index (χ2n) is 4.46. The Morgan fingerprint density at radius 2 is 1.86 bits per heavy atom. The number of hydrogen-bond acceptors (Lipinski definition) is 5. The first-order valence-corrected chi connectivity index (χ1v) is 8.27. The fraction of sp³-hybridized carbons (Fsp3) is 0.133. The summed E-state index contributed by atoms with van der Waals surface area (Å²) in [4.78, 5) is 1.54. The molecule has 1 aliphatic rings. The van der Waals surface area contributed by atoms with E-state index >= 15 is 0 Å². The maximum atomic E-state index is 12.4. The van der Waals surface area contributed by atoms with Crippen LogP contribution in [0.2, 0.25) is 0 Å². The zero-order valence-electron chi connectivity index (χ0n) is 11.3. The summed E-state index contributed by atoms with van der Waals surface area (Å²) in [6.45, 7) is 0. The van der Waals surface area contributed by atoms with Gasteiger partial charge in [0, 0.05) is 24.2 Å². The van der Waals surface area contributed by atoms with Crippen molar-refractivity contribution in [1.29, 1.82) is 10.7 Å². The molecule has 22 heavy (non-hydrogen) atoms. The van der Waals surface area contributed by atoms with E-state index in [0.717, 1.165) is 0 Å². The number of rotatable bonds is 4. The number of nitrogens with one attached hydrogen (secondary N) is 1. The summed E-state index contributed by atoms with van der Waals surface area (Å²) in [5.41, 5.74) is 0.00277. The van der Waals surface area contributed by atoms with Gasteiger partial charge in [-0.15, -0.1) is 11.6 Å². The fourth-order valence-corrected chi connectivity index (χ4v) is 3.79. The van der Waals surface area contributed by atoms with Crippen molar-refractivity contribution in [3.05, 3.63) is 60.6 Å². The molecule has 0 saturated carbocycles.